The molecule has 0 heterocycles. The first-order valence-corrected chi connectivity index (χ1v) is 7.80. The molecule has 0 aromatic heterocycles. The number of halogens is 1. The monoisotopic (exact) mass is 334 g/mol. The van der Waals surface area contributed by atoms with E-state index in [1.54, 1.807) is 0 Å². The number of amides is 1. The van der Waals surface area contributed by atoms with Gasteiger partial charge in [0.1, 0.15) is 0 Å². The maximum absolute atomic E-state index is 12.4. The third-order valence-electron chi connectivity index (χ3n) is 4.16. The second-order valence-electron chi connectivity index (χ2n) is 5.46. The van der Waals surface area contributed by atoms with Crippen LogP contribution in [0.2, 0.25) is 0 Å². The fourth-order valence-corrected chi connectivity index (χ4v) is 3.09. The van der Waals surface area contributed by atoms with Crippen molar-refractivity contribution in [3.8, 4) is 6.07 Å². The van der Waals surface area contributed by atoms with Gasteiger partial charge in [0, 0.05) is 29.5 Å². The quantitative estimate of drug-likeness (QED) is 0.838. The standard InChI is InChI=1S/C16H19BrN2O/c1-19(15-8-2-12(3-9-15)10-11-18)16(20)13-4-6-14(17)7-5-13/h4-7,12,15H,2-3,8-10H2,1H3. The maximum Gasteiger partial charge on any atom is 0.253 e. The van der Waals surface area contributed by atoms with Gasteiger partial charge < -0.3 is 4.90 Å². The summed E-state index contributed by atoms with van der Waals surface area (Å²) < 4.78 is 0.980. The summed E-state index contributed by atoms with van der Waals surface area (Å²) >= 11 is 3.38. The fourth-order valence-electron chi connectivity index (χ4n) is 2.83. The summed E-state index contributed by atoms with van der Waals surface area (Å²) in [6.45, 7) is 0. The minimum Gasteiger partial charge on any atom is -0.339 e. The van der Waals surface area contributed by atoms with E-state index in [4.69, 9.17) is 5.26 Å². The summed E-state index contributed by atoms with van der Waals surface area (Å²) in [6, 6.07) is 10.0. The van der Waals surface area contributed by atoms with Gasteiger partial charge in [-0.2, -0.15) is 5.26 Å². The molecule has 1 fully saturated rings. The van der Waals surface area contributed by atoms with E-state index in [1.807, 2.05) is 36.2 Å². The first-order chi connectivity index (χ1) is 9.61. The predicted octanol–water partition coefficient (Wildman–Crippen LogP) is 3.99. The molecular weight excluding hydrogens is 316 g/mol. The van der Waals surface area contributed by atoms with Crippen LogP contribution < -0.4 is 0 Å². The summed E-state index contributed by atoms with van der Waals surface area (Å²) in [5.41, 5.74) is 0.731. The lowest BCUT2D eigenvalue weighted by Crippen LogP contribution is -2.39. The lowest BCUT2D eigenvalue weighted by atomic mass is 9.84. The molecule has 1 aromatic carbocycles. The van der Waals surface area contributed by atoms with Crippen LogP contribution in [0.15, 0.2) is 28.7 Å². The number of carbonyl (C=O) groups excluding carboxylic acids is 1. The molecule has 0 unspecified atom stereocenters. The van der Waals surface area contributed by atoms with Crippen molar-refractivity contribution in [2.75, 3.05) is 7.05 Å². The van der Waals surface area contributed by atoms with Crippen LogP contribution in [0.5, 0.6) is 0 Å². The van der Waals surface area contributed by atoms with Crippen molar-refractivity contribution in [1.82, 2.24) is 4.90 Å². The van der Waals surface area contributed by atoms with Gasteiger partial charge in [-0.05, 0) is 55.9 Å². The second kappa shape index (κ2) is 6.90. The molecule has 1 aliphatic rings. The van der Waals surface area contributed by atoms with Crippen LogP contribution in [-0.2, 0) is 0 Å². The normalized spacial score (nSPS) is 22.1. The molecule has 0 aliphatic heterocycles. The van der Waals surface area contributed by atoms with Gasteiger partial charge in [0.25, 0.3) is 5.91 Å². The van der Waals surface area contributed by atoms with Crippen LogP contribution in [0.4, 0.5) is 0 Å². The molecule has 0 N–H and O–H groups in total. The zero-order valence-electron chi connectivity index (χ0n) is 11.7. The number of hydrogen-bond acceptors (Lipinski definition) is 2. The lowest BCUT2D eigenvalue weighted by molar-refractivity contribution is 0.0676. The largest absolute Gasteiger partial charge is 0.339 e. The Hall–Kier alpha value is -1.34. The van der Waals surface area contributed by atoms with Crippen molar-refractivity contribution in [2.24, 2.45) is 5.92 Å². The molecule has 1 aliphatic carbocycles. The summed E-state index contributed by atoms with van der Waals surface area (Å²) in [7, 11) is 1.89. The van der Waals surface area contributed by atoms with Gasteiger partial charge in [0.15, 0.2) is 0 Å². The van der Waals surface area contributed by atoms with Crippen molar-refractivity contribution in [1.29, 1.82) is 5.26 Å². The van der Waals surface area contributed by atoms with E-state index in [0.29, 0.717) is 18.4 Å². The van der Waals surface area contributed by atoms with Gasteiger partial charge in [-0.25, -0.2) is 0 Å². The molecule has 2 rings (SSSR count). The zero-order valence-corrected chi connectivity index (χ0v) is 13.3. The first-order valence-electron chi connectivity index (χ1n) is 7.01. The highest BCUT2D eigenvalue weighted by Crippen LogP contribution is 2.29. The number of nitrogens with zero attached hydrogens (tertiary/aromatic N) is 2. The average Bonchev–Trinajstić information content (AvgIpc) is 2.48. The van der Waals surface area contributed by atoms with E-state index >= 15 is 0 Å². The molecule has 0 atom stereocenters. The van der Waals surface area contributed by atoms with Crippen LogP contribution in [0.1, 0.15) is 42.5 Å². The van der Waals surface area contributed by atoms with Gasteiger partial charge in [-0.15, -0.1) is 0 Å². The molecule has 1 saturated carbocycles. The van der Waals surface area contributed by atoms with Gasteiger partial charge >= 0.3 is 0 Å². The number of rotatable bonds is 3. The molecule has 106 valence electrons. The van der Waals surface area contributed by atoms with Crippen LogP contribution in [0.25, 0.3) is 0 Å². The smallest absolute Gasteiger partial charge is 0.253 e. The SMILES string of the molecule is CN(C(=O)c1ccc(Br)cc1)C1CCC(CC#N)CC1. The minimum absolute atomic E-state index is 0.0845. The van der Waals surface area contributed by atoms with Crippen molar-refractivity contribution < 1.29 is 4.79 Å². The van der Waals surface area contributed by atoms with E-state index in [2.05, 4.69) is 22.0 Å². The molecule has 4 heteroatoms. The molecular formula is C16H19BrN2O. The van der Waals surface area contributed by atoms with E-state index in [1.165, 1.54) is 0 Å². The molecule has 0 radical (unpaired) electrons. The predicted molar refractivity (Wildman–Crippen MR) is 82.2 cm³/mol. The average molecular weight is 335 g/mol. The van der Waals surface area contributed by atoms with Crippen LogP contribution in [0, 0.1) is 17.2 Å². The topological polar surface area (TPSA) is 44.1 Å². The highest BCUT2D eigenvalue weighted by Gasteiger charge is 2.26. The molecule has 0 spiro atoms. The first kappa shape index (κ1) is 15.1. The zero-order chi connectivity index (χ0) is 14.5. The van der Waals surface area contributed by atoms with Gasteiger partial charge in [0.2, 0.25) is 0 Å². The minimum atomic E-state index is 0.0845. The second-order valence-corrected chi connectivity index (χ2v) is 6.38. The lowest BCUT2D eigenvalue weighted by Gasteiger charge is -2.34. The number of benzene rings is 1. The molecule has 3 nitrogen and oxygen atoms in total. The molecule has 0 saturated heterocycles. The van der Waals surface area contributed by atoms with Crippen LogP contribution in [0.3, 0.4) is 0 Å². The van der Waals surface area contributed by atoms with Crippen LogP contribution >= 0.6 is 15.9 Å². The Morgan fingerprint density at radius 2 is 1.90 bits per heavy atom. The van der Waals surface area contributed by atoms with Gasteiger partial charge in [-0.1, -0.05) is 15.9 Å². The van der Waals surface area contributed by atoms with Crippen molar-refractivity contribution >= 4 is 21.8 Å². The van der Waals surface area contributed by atoms with E-state index < -0.39 is 0 Å². The number of carbonyl (C=O) groups is 1. The van der Waals surface area contributed by atoms with E-state index in [-0.39, 0.29) is 5.91 Å². The maximum atomic E-state index is 12.4. The molecule has 1 amide bonds. The Morgan fingerprint density at radius 3 is 2.45 bits per heavy atom. The Morgan fingerprint density at radius 1 is 1.30 bits per heavy atom. The number of nitriles is 1. The Kier molecular flexibility index (Phi) is 5.19. The van der Waals surface area contributed by atoms with Crippen molar-refractivity contribution in [2.45, 2.75) is 38.1 Å². The van der Waals surface area contributed by atoms with Gasteiger partial charge in [-0.3, -0.25) is 4.79 Å². The van der Waals surface area contributed by atoms with E-state index in [0.717, 1.165) is 35.7 Å². The molecule has 0 bridgehead atoms. The van der Waals surface area contributed by atoms with Gasteiger partial charge in [0.05, 0.1) is 6.07 Å². The Bertz CT molecular complexity index is 498. The Balaban J connectivity index is 1.95. The molecule has 1 aromatic rings. The third kappa shape index (κ3) is 3.61. The van der Waals surface area contributed by atoms with Crippen molar-refractivity contribution in [3.63, 3.8) is 0 Å². The summed E-state index contributed by atoms with van der Waals surface area (Å²) in [5.74, 6) is 0.605. The summed E-state index contributed by atoms with van der Waals surface area (Å²) in [5, 5.41) is 8.73. The van der Waals surface area contributed by atoms with Crippen molar-refractivity contribution in [3.05, 3.63) is 34.3 Å². The van der Waals surface area contributed by atoms with Crippen LogP contribution in [-0.4, -0.2) is 23.9 Å². The molecule has 20 heavy (non-hydrogen) atoms. The Labute approximate surface area is 128 Å². The van der Waals surface area contributed by atoms with E-state index in [9.17, 15) is 4.79 Å². The summed E-state index contributed by atoms with van der Waals surface area (Å²) in [4.78, 5) is 14.3. The summed E-state index contributed by atoms with van der Waals surface area (Å²) in [6.07, 6.45) is 4.76. The highest BCUT2D eigenvalue weighted by atomic mass is 79.9. The number of hydrogen-bond donors (Lipinski definition) is 0. The third-order valence-corrected chi connectivity index (χ3v) is 4.68. The fraction of sp³-hybridized carbons (Fsp3) is 0.500. The highest BCUT2D eigenvalue weighted by molar-refractivity contribution is 9.10.